The molecule has 1 amide bonds. The Balaban J connectivity index is 1.64. The highest BCUT2D eigenvalue weighted by molar-refractivity contribution is 5.82. The second kappa shape index (κ2) is 6.04. The molecule has 1 aliphatic heterocycles. The van der Waals surface area contributed by atoms with Crippen LogP contribution >= 0.6 is 0 Å². The molecule has 2 unspecified atom stereocenters. The molecule has 0 aliphatic carbocycles. The van der Waals surface area contributed by atoms with Gasteiger partial charge in [0, 0.05) is 12.0 Å². The number of nitrogens with one attached hydrogen (secondary N) is 2. The van der Waals surface area contributed by atoms with Gasteiger partial charge in [-0.2, -0.15) is 4.98 Å². The molecule has 23 heavy (non-hydrogen) atoms. The van der Waals surface area contributed by atoms with E-state index in [2.05, 4.69) is 20.8 Å². The number of carbonyl (C=O) groups is 1. The largest absolute Gasteiger partial charge is 0.345 e. The number of halogens is 2. The van der Waals surface area contributed by atoms with E-state index in [-0.39, 0.29) is 0 Å². The monoisotopic (exact) mass is 322 g/mol. The smallest absolute Gasteiger partial charge is 0.262 e. The van der Waals surface area contributed by atoms with Crippen LogP contribution in [-0.4, -0.2) is 34.6 Å². The Morgan fingerprint density at radius 2 is 2.17 bits per heavy atom. The maximum absolute atomic E-state index is 13.1. The van der Waals surface area contributed by atoms with Gasteiger partial charge in [0.25, 0.3) is 11.8 Å². The lowest BCUT2D eigenvalue weighted by Crippen LogP contribution is -2.41. The average Bonchev–Trinajstić information content (AvgIpc) is 3.15. The molecule has 0 bridgehead atoms. The van der Waals surface area contributed by atoms with Crippen LogP contribution in [0.15, 0.2) is 34.9 Å². The van der Waals surface area contributed by atoms with E-state index in [0.29, 0.717) is 11.7 Å². The summed E-state index contributed by atoms with van der Waals surface area (Å²) in [4.78, 5) is 16.2. The molecule has 0 saturated carbocycles. The fourth-order valence-corrected chi connectivity index (χ4v) is 2.39. The Morgan fingerprint density at radius 1 is 1.43 bits per heavy atom. The van der Waals surface area contributed by atoms with Crippen LogP contribution in [-0.2, 0) is 4.79 Å². The van der Waals surface area contributed by atoms with Crippen molar-refractivity contribution in [2.24, 2.45) is 0 Å². The number of alkyl halides is 2. The van der Waals surface area contributed by atoms with Crippen molar-refractivity contribution in [1.82, 2.24) is 20.8 Å². The topological polar surface area (TPSA) is 80.0 Å². The van der Waals surface area contributed by atoms with E-state index in [1.54, 1.807) is 6.92 Å². The third-order valence-electron chi connectivity index (χ3n) is 3.63. The maximum Gasteiger partial charge on any atom is 0.262 e. The maximum atomic E-state index is 13.1. The fraction of sp³-hybridized carbons (Fsp3) is 0.400. The zero-order chi connectivity index (χ0) is 16.4. The second-order valence-electron chi connectivity index (χ2n) is 5.55. The molecule has 1 fully saturated rings. The molecular weight excluding hydrogens is 306 g/mol. The average molecular weight is 322 g/mol. The minimum Gasteiger partial charge on any atom is -0.345 e. The van der Waals surface area contributed by atoms with Gasteiger partial charge in [0.15, 0.2) is 5.82 Å². The first-order valence-electron chi connectivity index (χ1n) is 7.25. The molecule has 0 spiro atoms. The van der Waals surface area contributed by atoms with Gasteiger partial charge < -0.3 is 9.84 Å². The van der Waals surface area contributed by atoms with Crippen molar-refractivity contribution >= 4 is 5.91 Å². The number of benzene rings is 1. The van der Waals surface area contributed by atoms with Crippen molar-refractivity contribution in [2.75, 3.05) is 6.54 Å². The normalized spacial score (nSPS) is 21.1. The third kappa shape index (κ3) is 3.53. The third-order valence-corrected chi connectivity index (χ3v) is 3.63. The molecular formula is C15H16F2N4O2. The molecule has 2 aromatic rings. The minimum absolute atomic E-state index is 0.293. The number of aromatic nitrogens is 2. The Kier molecular flexibility index (Phi) is 4.08. The van der Waals surface area contributed by atoms with Crippen LogP contribution < -0.4 is 10.6 Å². The molecule has 3 rings (SSSR count). The van der Waals surface area contributed by atoms with E-state index in [1.165, 1.54) is 0 Å². The van der Waals surface area contributed by atoms with Gasteiger partial charge >= 0.3 is 0 Å². The van der Waals surface area contributed by atoms with Gasteiger partial charge in [-0.25, -0.2) is 8.78 Å². The molecule has 2 heterocycles. The lowest BCUT2D eigenvalue weighted by molar-refractivity contribution is -0.124. The predicted octanol–water partition coefficient (Wildman–Crippen LogP) is 1.91. The zero-order valence-electron chi connectivity index (χ0n) is 12.4. The summed E-state index contributed by atoms with van der Waals surface area (Å²) in [7, 11) is 0. The van der Waals surface area contributed by atoms with Gasteiger partial charge in [-0.15, -0.1) is 0 Å². The summed E-state index contributed by atoms with van der Waals surface area (Å²) in [5.41, 5.74) is 0.766. The molecule has 1 aliphatic rings. The van der Waals surface area contributed by atoms with Crippen LogP contribution in [0.4, 0.5) is 8.78 Å². The van der Waals surface area contributed by atoms with Gasteiger partial charge in [0.1, 0.15) is 0 Å². The lowest BCUT2D eigenvalue weighted by atomic mass is 10.1. The van der Waals surface area contributed by atoms with Gasteiger partial charge in [-0.05, 0) is 19.1 Å². The molecule has 6 nitrogen and oxygen atoms in total. The Labute approximate surface area is 131 Å². The summed E-state index contributed by atoms with van der Waals surface area (Å²) < 4.78 is 31.4. The van der Waals surface area contributed by atoms with Crippen molar-refractivity contribution in [3.63, 3.8) is 0 Å². The first-order valence-corrected chi connectivity index (χ1v) is 7.25. The standard InChI is InChI=1S/C15H16F2N4O2/c1-9(19-13(22)11-7-15(16,17)8-18-11)12-20-14(23-21-12)10-5-3-2-4-6-10/h2-6,9,11,18H,7-8H2,1H3,(H,19,22). The quantitative estimate of drug-likeness (QED) is 0.899. The van der Waals surface area contributed by atoms with Crippen molar-refractivity contribution in [3.05, 3.63) is 36.2 Å². The van der Waals surface area contributed by atoms with E-state index in [4.69, 9.17) is 4.52 Å². The van der Waals surface area contributed by atoms with E-state index in [0.717, 1.165) is 5.56 Å². The Hall–Kier alpha value is -2.35. The SMILES string of the molecule is CC(NC(=O)C1CC(F)(F)CN1)c1noc(-c2ccccc2)n1. The van der Waals surface area contributed by atoms with E-state index < -0.39 is 36.9 Å². The summed E-state index contributed by atoms with van der Waals surface area (Å²) in [5.74, 6) is -2.72. The minimum atomic E-state index is -2.85. The summed E-state index contributed by atoms with van der Waals surface area (Å²) in [6, 6.07) is 7.75. The summed E-state index contributed by atoms with van der Waals surface area (Å²) in [5, 5.41) is 8.96. The Bertz CT molecular complexity index is 690. The second-order valence-corrected chi connectivity index (χ2v) is 5.55. The lowest BCUT2D eigenvalue weighted by Gasteiger charge is -2.14. The van der Waals surface area contributed by atoms with Crippen LogP contribution in [0.2, 0.25) is 0 Å². The van der Waals surface area contributed by atoms with Gasteiger partial charge in [-0.1, -0.05) is 23.4 Å². The van der Waals surface area contributed by atoms with E-state index in [1.807, 2.05) is 30.3 Å². The number of rotatable bonds is 4. The van der Waals surface area contributed by atoms with Gasteiger partial charge in [-0.3, -0.25) is 10.1 Å². The van der Waals surface area contributed by atoms with Crippen molar-refractivity contribution < 1.29 is 18.1 Å². The van der Waals surface area contributed by atoms with Gasteiger partial charge in [0.05, 0.1) is 18.6 Å². The molecule has 0 radical (unpaired) electrons. The molecule has 122 valence electrons. The van der Waals surface area contributed by atoms with E-state index >= 15 is 0 Å². The first kappa shape index (κ1) is 15.5. The molecule has 1 aromatic heterocycles. The van der Waals surface area contributed by atoms with Crippen LogP contribution in [0, 0.1) is 0 Å². The summed E-state index contributed by atoms with van der Waals surface area (Å²) in [6.45, 7) is 1.18. The Morgan fingerprint density at radius 3 is 2.83 bits per heavy atom. The van der Waals surface area contributed by atoms with Crippen molar-refractivity contribution in [2.45, 2.75) is 31.4 Å². The number of nitrogens with zero attached hydrogens (tertiary/aromatic N) is 2. The van der Waals surface area contributed by atoms with Crippen LogP contribution in [0.3, 0.4) is 0 Å². The zero-order valence-corrected chi connectivity index (χ0v) is 12.4. The van der Waals surface area contributed by atoms with E-state index in [9.17, 15) is 13.6 Å². The van der Waals surface area contributed by atoms with Crippen molar-refractivity contribution in [3.8, 4) is 11.5 Å². The summed E-state index contributed by atoms with van der Waals surface area (Å²) >= 11 is 0. The van der Waals surface area contributed by atoms with Crippen LogP contribution in [0.1, 0.15) is 25.2 Å². The number of carbonyl (C=O) groups excluding carboxylic acids is 1. The molecule has 1 saturated heterocycles. The number of hydrogen-bond acceptors (Lipinski definition) is 5. The highest BCUT2D eigenvalue weighted by Gasteiger charge is 2.42. The highest BCUT2D eigenvalue weighted by Crippen LogP contribution is 2.25. The predicted molar refractivity (Wildman–Crippen MR) is 77.6 cm³/mol. The highest BCUT2D eigenvalue weighted by atomic mass is 19.3. The first-order chi connectivity index (χ1) is 10.9. The van der Waals surface area contributed by atoms with Crippen molar-refractivity contribution in [1.29, 1.82) is 0 Å². The summed E-state index contributed by atoms with van der Waals surface area (Å²) in [6.07, 6.45) is -0.507. The number of hydrogen-bond donors (Lipinski definition) is 2. The van der Waals surface area contributed by atoms with Crippen LogP contribution in [0.5, 0.6) is 0 Å². The fourth-order valence-electron chi connectivity index (χ4n) is 2.39. The van der Waals surface area contributed by atoms with Crippen LogP contribution in [0.25, 0.3) is 11.5 Å². The molecule has 1 aromatic carbocycles. The molecule has 2 N–H and O–H groups in total. The number of amides is 1. The molecule has 2 atom stereocenters. The van der Waals surface area contributed by atoms with Gasteiger partial charge in [0.2, 0.25) is 5.91 Å². The molecule has 8 heteroatoms.